The van der Waals surface area contributed by atoms with E-state index in [-0.39, 0.29) is 5.41 Å². The molecule has 0 saturated carbocycles. The first kappa shape index (κ1) is 12.7. The van der Waals surface area contributed by atoms with Crippen LogP contribution in [0.2, 0.25) is 0 Å². The molecule has 0 aromatic heterocycles. The van der Waals surface area contributed by atoms with Gasteiger partial charge in [0.15, 0.2) is 0 Å². The zero-order chi connectivity index (χ0) is 10.7. The average molecular weight is 183 g/mol. The van der Waals surface area contributed by atoms with E-state index in [1.54, 1.807) is 0 Å². The van der Waals surface area contributed by atoms with Gasteiger partial charge in [-0.3, -0.25) is 0 Å². The Balaban J connectivity index is 4.20. The summed E-state index contributed by atoms with van der Waals surface area (Å²) in [6.45, 7) is 16.4. The molecule has 78 valence electrons. The highest BCUT2D eigenvalue weighted by atomic mass is 14.8. The molecule has 0 aromatic rings. The Kier molecular flexibility index (Phi) is 4.18. The first-order valence-electron chi connectivity index (χ1n) is 5.02. The monoisotopic (exact) mass is 183 g/mol. The van der Waals surface area contributed by atoms with Crippen LogP contribution >= 0.6 is 0 Å². The van der Waals surface area contributed by atoms with E-state index < -0.39 is 0 Å². The van der Waals surface area contributed by atoms with Gasteiger partial charge >= 0.3 is 0 Å². The lowest BCUT2D eigenvalue weighted by Gasteiger charge is -2.31. The fourth-order valence-corrected chi connectivity index (χ4v) is 1.38. The second-order valence-electron chi connectivity index (χ2n) is 5.72. The molecule has 1 nitrogen and oxygen atoms in total. The topological polar surface area (TPSA) is 12.0 Å². The Hall–Kier alpha value is -0.300. The zero-order valence-electron chi connectivity index (χ0n) is 10.1. The van der Waals surface area contributed by atoms with Gasteiger partial charge in [0.25, 0.3) is 0 Å². The van der Waals surface area contributed by atoms with E-state index in [1.807, 2.05) is 7.05 Å². The normalized spacial score (nSPS) is 13.1. The maximum absolute atomic E-state index is 4.17. The van der Waals surface area contributed by atoms with E-state index in [2.05, 4.69) is 46.5 Å². The van der Waals surface area contributed by atoms with Crippen LogP contribution in [0.4, 0.5) is 0 Å². The maximum Gasteiger partial charge on any atom is 0.000258 e. The minimum atomic E-state index is 0.241. The summed E-state index contributed by atoms with van der Waals surface area (Å²) in [5.74, 6) is 0. The third-order valence-electron chi connectivity index (χ3n) is 2.41. The molecule has 0 saturated heterocycles. The molecule has 0 aromatic carbocycles. The van der Waals surface area contributed by atoms with Crippen molar-refractivity contribution >= 4 is 0 Å². The molecule has 0 fully saturated rings. The molecule has 0 amide bonds. The predicted octanol–water partition coefficient (Wildman–Crippen LogP) is 3.22. The molecule has 0 spiro atoms. The summed E-state index contributed by atoms with van der Waals surface area (Å²) in [6, 6.07) is 0. The van der Waals surface area contributed by atoms with Gasteiger partial charge in [0.1, 0.15) is 0 Å². The van der Waals surface area contributed by atoms with E-state index in [0.29, 0.717) is 5.41 Å². The highest BCUT2D eigenvalue weighted by Crippen LogP contribution is 2.33. The van der Waals surface area contributed by atoms with Crippen LogP contribution in [-0.2, 0) is 0 Å². The Labute approximate surface area is 83.6 Å². The smallest absolute Gasteiger partial charge is 0.000258 e. The van der Waals surface area contributed by atoms with Crippen molar-refractivity contribution in [3.63, 3.8) is 0 Å². The third-order valence-corrected chi connectivity index (χ3v) is 2.41. The van der Waals surface area contributed by atoms with Crippen molar-refractivity contribution in [1.29, 1.82) is 0 Å². The highest BCUT2D eigenvalue weighted by molar-refractivity contribution is 5.07. The number of allylic oxidation sites excluding steroid dienone is 1. The molecule has 1 heteroatoms. The Bertz CT molecular complexity index is 172. The molecular formula is C12H25N. The van der Waals surface area contributed by atoms with Crippen molar-refractivity contribution in [2.75, 3.05) is 13.6 Å². The van der Waals surface area contributed by atoms with Crippen LogP contribution in [0.5, 0.6) is 0 Å². The molecule has 0 atom stereocenters. The molecular weight excluding hydrogens is 158 g/mol. The fraction of sp³-hybridized carbons (Fsp3) is 0.833. The van der Waals surface area contributed by atoms with Gasteiger partial charge in [0.05, 0.1) is 0 Å². The molecule has 0 heterocycles. The van der Waals surface area contributed by atoms with E-state index in [9.17, 15) is 0 Å². The Morgan fingerprint density at radius 1 is 1.15 bits per heavy atom. The van der Waals surface area contributed by atoms with E-state index in [1.165, 1.54) is 5.57 Å². The number of nitrogens with one attached hydrogen (secondary N) is 1. The second-order valence-corrected chi connectivity index (χ2v) is 5.72. The number of hydrogen-bond donors (Lipinski definition) is 1. The molecule has 1 N–H and O–H groups in total. The quantitative estimate of drug-likeness (QED) is 0.660. The van der Waals surface area contributed by atoms with Crippen LogP contribution in [0.1, 0.15) is 41.0 Å². The molecule has 13 heavy (non-hydrogen) atoms. The summed E-state index contributed by atoms with van der Waals surface area (Å²) < 4.78 is 0. The van der Waals surface area contributed by atoms with Gasteiger partial charge in [-0.15, -0.1) is 0 Å². The van der Waals surface area contributed by atoms with Gasteiger partial charge in [0, 0.05) is 6.54 Å². The highest BCUT2D eigenvalue weighted by Gasteiger charge is 2.23. The van der Waals surface area contributed by atoms with E-state index in [0.717, 1.165) is 13.0 Å². The molecule has 0 aliphatic heterocycles. The molecule has 0 bridgehead atoms. The largest absolute Gasteiger partial charge is 0.319 e. The SMILES string of the molecule is C=C(CC(C)(C)CNC)C(C)(C)C. The van der Waals surface area contributed by atoms with Crippen LogP contribution < -0.4 is 5.32 Å². The van der Waals surface area contributed by atoms with Crippen LogP contribution in [-0.4, -0.2) is 13.6 Å². The lowest BCUT2D eigenvalue weighted by molar-refractivity contribution is 0.319. The Morgan fingerprint density at radius 2 is 1.62 bits per heavy atom. The van der Waals surface area contributed by atoms with Crippen molar-refractivity contribution in [3.8, 4) is 0 Å². The summed E-state index contributed by atoms with van der Waals surface area (Å²) in [6.07, 6.45) is 1.09. The van der Waals surface area contributed by atoms with Crippen LogP contribution in [0, 0.1) is 10.8 Å². The fourth-order valence-electron chi connectivity index (χ4n) is 1.38. The summed E-state index contributed by atoms with van der Waals surface area (Å²) in [4.78, 5) is 0. The number of hydrogen-bond acceptors (Lipinski definition) is 1. The summed E-state index contributed by atoms with van der Waals surface area (Å²) in [5.41, 5.74) is 1.90. The first-order chi connectivity index (χ1) is 5.69. The maximum atomic E-state index is 4.17. The van der Waals surface area contributed by atoms with Gasteiger partial charge in [-0.1, -0.05) is 46.8 Å². The summed E-state index contributed by atoms with van der Waals surface area (Å²) in [5, 5.41) is 3.22. The van der Waals surface area contributed by atoms with Gasteiger partial charge < -0.3 is 5.32 Å². The standard InChI is InChI=1S/C12H25N/c1-10(11(2,3)4)8-12(5,6)9-13-7/h13H,1,8-9H2,2-7H3. The third kappa shape index (κ3) is 5.09. The zero-order valence-corrected chi connectivity index (χ0v) is 10.1. The lowest BCUT2D eigenvalue weighted by atomic mass is 9.76. The van der Waals surface area contributed by atoms with Crippen LogP contribution in [0.25, 0.3) is 0 Å². The second kappa shape index (κ2) is 4.28. The van der Waals surface area contributed by atoms with Crippen molar-refractivity contribution in [3.05, 3.63) is 12.2 Å². The minimum absolute atomic E-state index is 0.241. The van der Waals surface area contributed by atoms with E-state index >= 15 is 0 Å². The van der Waals surface area contributed by atoms with Crippen LogP contribution in [0.3, 0.4) is 0 Å². The molecule has 0 aliphatic carbocycles. The average Bonchev–Trinajstić information content (AvgIpc) is 1.83. The molecule has 0 unspecified atom stereocenters. The molecule has 0 aliphatic rings. The predicted molar refractivity (Wildman–Crippen MR) is 60.9 cm³/mol. The Morgan fingerprint density at radius 3 is 1.92 bits per heavy atom. The van der Waals surface area contributed by atoms with Gasteiger partial charge in [-0.2, -0.15) is 0 Å². The summed E-state index contributed by atoms with van der Waals surface area (Å²) in [7, 11) is 2.00. The van der Waals surface area contributed by atoms with E-state index in [4.69, 9.17) is 0 Å². The van der Waals surface area contributed by atoms with Crippen molar-refractivity contribution in [1.82, 2.24) is 5.32 Å². The van der Waals surface area contributed by atoms with Gasteiger partial charge in [-0.25, -0.2) is 0 Å². The van der Waals surface area contributed by atoms with Crippen LogP contribution in [0.15, 0.2) is 12.2 Å². The van der Waals surface area contributed by atoms with Crippen molar-refractivity contribution in [2.45, 2.75) is 41.0 Å². The van der Waals surface area contributed by atoms with Crippen molar-refractivity contribution < 1.29 is 0 Å². The molecule has 0 rings (SSSR count). The van der Waals surface area contributed by atoms with Gasteiger partial charge in [-0.05, 0) is 24.3 Å². The van der Waals surface area contributed by atoms with Crippen molar-refractivity contribution in [2.24, 2.45) is 10.8 Å². The lowest BCUT2D eigenvalue weighted by Crippen LogP contribution is -2.28. The molecule has 0 radical (unpaired) electrons. The summed E-state index contributed by atoms with van der Waals surface area (Å²) >= 11 is 0. The number of rotatable bonds is 4. The van der Waals surface area contributed by atoms with Gasteiger partial charge in [0.2, 0.25) is 0 Å². The first-order valence-corrected chi connectivity index (χ1v) is 5.02. The minimum Gasteiger partial charge on any atom is -0.319 e.